The van der Waals surface area contributed by atoms with Gasteiger partial charge in [-0.2, -0.15) is 0 Å². The van der Waals surface area contributed by atoms with Gasteiger partial charge in [-0.1, -0.05) is 13.3 Å². The van der Waals surface area contributed by atoms with Crippen molar-refractivity contribution in [2.75, 3.05) is 39.7 Å². The summed E-state index contributed by atoms with van der Waals surface area (Å²) in [6.45, 7) is 11.5. The highest BCUT2D eigenvalue weighted by molar-refractivity contribution is 7.52. The molecule has 21 heavy (non-hydrogen) atoms. The van der Waals surface area contributed by atoms with E-state index in [0.29, 0.717) is 32.5 Å². The second-order valence-corrected chi connectivity index (χ2v) is 9.31. The van der Waals surface area contributed by atoms with E-state index in [1.165, 1.54) is 6.66 Å². The third-order valence-electron chi connectivity index (χ3n) is 2.65. The van der Waals surface area contributed by atoms with Crippen LogP contribution in [0.4, 0.5) is 0 Å². The molecular weight excluding hydrogens is 311 g/mol. The second kappa shape index (κ2) is 11.8. The molecule has 0 aliphatic carbocycles. The quantitative estimate of drug-likeness (QED) is 0.272. The molecule has 1 atom stereocenters. The van der Waals surface area contributed by atoms with E-state index in [9.17, 15) is 4.57 Å². The van der Waals surface area contributed by atoms with Gasteiger partial charge in [0.25, 0.3) is 0 Å². The van der Waals surface area contributed by atoms with Gasteiger partial charge in [-0.3, -0.25) is 4.57 Å². The largest absolute Gasteiger partial charge is 0.503 e. The summed E-state index contributed by atoms with van der Waals surface area (Å²) >= 11 is 0. The van der Waals surface area contributed by atoms with Gasteiger partial charge in [-0.15, -0.1) is 0 Å². The Hall–Kier alpha value is 0.247. The lowest BCUT2D eigenvalue weighted by molar-refractivity contribution is 0.0668. The lowest BCUT2D eigenvalue weighted by Gasteiger charge is -2.28. The van der Waals surface area contributed by atoms with Gasteiger partial charge in [0.2, 0.25) is 0 Å². The molecule has 0 rings (SSSR count). The standard InChI is InChI=1S/C13H31O6PSi/c1-6-10-11-15-20(5,14)16-12-13-21(17-7-2,18-8-3)19-9-4/h6-13H2,1-5H3. The SMILES string of the molecule is CCCCOP(C)(=O)OCC[Si](OCC)(OCC)OCC. The number of hydrogen-bond donors (Lipinski definition) is 0. The summed E-state index contributed by atoms with van der Waals surface area (Å²) in [5.41, 5.74) is 0. The third kappa shape index (κ3) is 9.79. The predicted molar refractivity (Wildman–Crippen MR) is 85.8 cm³/mol. The average molecular weight is 342 g/mol. The number of hydrogen-bond acceptors (Lipinski definition) is 6. The summed E-state index contributed by atoms with van der Waals surface area (Å²) in [5.74, 6) is 0. The van der Waals surface area contributed by atoms with Crippen LogP contribution in [0.3, 0.4) is 0 Å². The summed E-state index contributed by atoms with van der Waals surface area (Å²) in [6, 6.07) is 0.470. The molecule has 0 fully saturated rings. The van der Waals surface area contributed by atoms with Gasteiger partial charge in [0.1, 0.15) is 0 Å². The monoisotopic (exact) mass is 342 g/mol. The molecule has 0 aromatic heterocycles. The van der Waals surface area contributed by atoms with Gasteiger partial charge >= 0.3 is 16.4 Å². The Kier molecular flexibility index (Phi) is 11.9. The van der Waals surface area contributed by atoms with E-state index >= 15 is 0 Å². The Balaban J connectivity index is 4.36. The Morgan fingerprint density at radius 2 is 1.33 bits per heavy atom. The minimum atomic E-state index is -3.01. The maximum Gasteiger partial charge on any atom is 0.503 e. The van der Waals surface area contributed by atoms with E-state index < -0.39 is 16.4 Å². The van der Waals surface area contributed by atoms with Crippen molar-refractivity contribution in [3.8, 4) is 0 Å². The Bertz CT molecular complexity index is 285. The van der Waals surface area contributed by atoms with E-state index in [1.807, 2.05) is 20.8 Å². The van der Waals surface area contributed by atoms with Crippen molar-refractivity contribution < 1.29 is 26.9 Å². The maximum atomic E-state index is 12.1. The van der Waals surface area contributed by atoms with Crippen molar-refractivity contribution >= 4 is 16.4 Å². The zero-order valence-corrected chi connectivity index (χ0v) is 15.9. The lowest BCUT2D eigenvalue weighted by atomic mass is 10.4. The molecule has 6 nitrogen and oxygen atoms in total. The first-order chi connectivity index (χ1) is 9.95. The van der Waals surface area contributed by atoms with Crippen LogP contribution in [0.1, 0.15) is 40.5 Å². The fraction of sp³-hybridized carbons (Fsp3) is 1.00. The molecule has 1 unspecified atom stereocenters. The fourth-order valence-corrected chi connectivity index (χ4v) is 5.23. The summed E-state index contributed by atoms with van der Waals surface area (Å²) in [5, 5.41) is 0. The van der Waals surface area contributed by atoms with E-state index in [2.05, 4.69) is 6.92 Å². The van der Waals surface area contributed by atoms with Gasteiger partial charge < -0.3 is 22.3 Å². The molecular formula is C13H31O6PSi. The number of rotatable bonds is 14. The molecule has 0 N–H and O–H groups in total. The fourth-order valence-electron chi connectivity index (χ4n) is 1.75. The Morgan fingerprint density at radius 3 is 1.76 bits per heavy atom. The van der Waals surface area contributed by atoms with Crippen molar-refractivity contribution in [3.63, 3.8) is 0 Å². The van der Waals surface area contributed by atoms with Crippen LogP contribution in [-0.2, 0) is 26.9 Å². The molecule has 0 aliphatic rings. The molecule has 0 amide bonds. The average Bonchev–Trinajstić information content (AvgIpc) is 2.39. The minimum Gasteiger partial charge on any atom is -0.374 e. The summed E-state index contributed by atoms with van der Waals surface area (Å²) < 4.78 is 39.9. The van der Waals surface area contributed by atoms with Crippen LogP contribution in [0.5, 0.6) is 0 Å². The van der Waals surface area contributed by atoms with Crippen LogP contribution in [0.15, 0.2) is 0 Å². The van der Waals surface area contributed by atoms with Crippen molar-refractivity contribution in [1.82, 2.24) is 0 Å². The van der Waals surface area contributed by atoms with Gasteiger partial charge in [-0.25, -0.2) is 0 Å². The van der Waals surface area contributed by atoms with Gasteiger partial charge in [0, 0.05) is 32.5 Å². The van der Waals surface area contributed by atoms with Crippen molar-refractivity contribution in [3.05, 3.63) is 0 Å². The van der Waals surface area contributed by atoms with Crippen LogP contribution in [0.25, 0.3) is 0 Å². The van der Waals surface area contributed by atoms with Crippen molar-refractivity contribution in [2.24, 2.45) is 0 Å². The molecule has 128 valence electrons. The maximum absolute atomic E-state index is 12.1. The van der Waals surface area contributed by atoms with Crippen LogP contribution < -0.4 is 0 Å². The molecule has 0 heterocycles. The van der Waals surface area contributed by atoms with Crippen molar-refractivity contribution in [1.29, 1.82) is 0 Å². The topological polar surface area (TPSA) is 63.2 Å². The Morgan fingerprint density at radius 1 is 0.857 bits per heavy atom. The first kappa shape index (κ1) is 21.2. The van der Waals surface area contributed by atoms with Gasteiger partial charge in [0.05, 0.1) is 13.2 Å². The zero-order valence-electron chi connectivity index (χ0n) is 14.1. The molecule has 0 radical (unpaired) electrons. The van der Waals surface area contributed by atoms with E-state index in [0.717, 1.165) is 12.8 Å². The summed E-state index contributed by atoms with van der Waals surface area (Å²) in [6.07, 6.45) is 1.87. The highest BCUT2D eigenvalue weighted by Crippen LogP contribution is 2.44. The second-order valence-electron chi connectivity index (χ2n) is 4.52. The smallest absolute Gasteiger partial charge is 0.374 e. The molecule has 0 saturated carbocycles. The molecule has 0 aromatic carbocycles. The first-order valence-electron chi connectivity index (χ1n) is 7.73. The van der Waals surface area contributed by atoms with Gasteiger partial charge in [0.15, 0.2) is 0 Å². The highest BCUT2D eigenvalue weighted by Gasteiger charge is 2.40. The zero-order chi connectivity index (χ0) is 16.2. The van der Waals surface area contributed by atoms with Crippen LogP contribution in [0, 0.1) is 0 Å². The summed E-state index contributed by atoms with van der Waals surface area (Å²) in [7, 11) is -5.74. The van der Waals surface area contributed by atoms with E-state index in [4.69, 9.17) is 22.3 Å². The van der Waals surface area contributed by atoms with E-state index in [1.54, 1.807) is 0 Å². The van der Waals surface area contributed by atoms with Crippen LogP contribution >= 0.6 is 7.60 Å². The Labute approximate surface area is 130 Å². The van der Waals surface area contributed by atoms with E-state index in [-0.39, 0.29) is 6.61 Å². The molecule has 0 saturated heterocycles. The molecule has 8 heteroatoms. The summed E-state index contributed by atoms with van der Waals surface area (Å²) in [4.78, 5) is 0. The minimum absolute atomic E-state index is 0.242. The predicted octanol–water partition coefficient (Wildman–Crippen LogP) is 3.69. The molecule has 0 aromatic rings. The highest BCUT2D eigenvalue weighted by atomic mass is 31.2. The molecule has 0 spiro atoms. The van der Waals surface area contributed by atoms with Crippen LogP contribution in [0.2, 0.25) is 6.04 Å². The van der Waals surface area contributed by atoms with Crippen molar-refractivity contribution in [2.45, 2.75) is 46.6 Å². The van der Waals surface area contributed by atoms with Gasteiger partial charge in [-0.05, 0) is 27.2 Å². The molecule has 0 aliphatic heterocycles. The first-order valence-corrected chi connectivity index (χ1v) is 11.7. The lowest BCUT2D eigenvalue weighted by Crippen LogP contribution is -2.46. The third-order valence-corrected chi connectivity index (χ3v) is 6.96. The normalized spacial score (nSPS) is 15.1. The number of unbranched alkanes of at least 4 members (excludes halogenated alkanes) is 1. The van der Waals surface area contributed by atoms with Crippen LogP contribution in [-0.4, -0.2) is 48.5 Å². The molecule has 0 bridgehead atoms.